The van der Waals surface area contributed by atoms with Crippen molar-refractivity contribution in [3.63, 3.8) is 0 Å². The number of esters is 1. The van der Waals surface area contributed by atoms with Crippen LogP contribution in [0, 0.1) is 0 Å². The van der Waals surface area contributed by atoms with Gasteiger partial charge in [0, 0.05) is 16.3 Å². The van der Waals surface area contributed by atoms with Crippen molar-refractivity contribution >= 4 is 23.6 Å². The minimum absolute atomic E-state index is 0.272. The number of rotatable bonds is 9. The van der Waals surface area contributed by atoms with Crippen LogP contribution in [0.1, 0.15) is 57.2 Å². The van der Waals surface area contributed by atoms with Crippen LogP contribution in [-0.4, -0.2) is 18.1 Å². The molecule has 2 amide bonds. The van der Waals surface area contributed by atoms with Crippen LogP contribution in [0.5, 0.6) is 5.75 Å². The maximum atomic E-state index is 13.0. The molecule has 1 atom stereocenters. The number of unbranched alkanes of at least 4 members (excludes halogenated alkanes) is 1. The zero-order valence-corrected chi connectivity index (χ0v) is 19.4. The fourth-order valence-electron chi connectivity index (χ4n) is 3.50. The Labute approximate surface area is 193 Å². The normalized spacial score (nSPS) is 15.9. The second kappa shape index (κ2) is 11.0. The third-order valence-corrected chi connectivity index (χ3v) is 5.41. The molecular formula is C25H29ClN2O4. The van der Waals surface area contributed by atoms with E-state index in [0.29, 0.717) is 35.1 Å². The largest absolute Gasteiger partial charge is 0.489 e. The first-order valence-corrected chi connectivity index (χ1v) is 11.2. The highest BCUT2D eigenvalue weighted by Gasteiger charge is 2.34. The van der Waals surface area contributed by atoms with E-state index in [1.165, 1.54) is 0 Å². The number of hydrogen-bond donors (Lipinski definition) is 2. The van der Waals surface area contributed by atoms with Gasteiger partial charge < -0.3 is 20.1 Å². The summed E-state index contributed by atoms with van der Waals surface area (Å²) < 4.78 is 11.4. The predicted octanol–water partition coefficient (Wildman–Crippen LogP) is 5.67. The van der Waals surface area contributed by atoms with Crippen molar-refractivity contribution in [2.24, 2.45) is 0 Å². The molecule has 3 rings (SSSR count). The average Bonchev–Trinajstić information content (AvgIpc) is 2.76. The van der Waals surface area contributed by atoms with E-state index >= 15 is 0 Å². The SMILES string of the molecule is CCCCC1=C(C(=O)OC(C)C)C(c2cccc(OCc3ccccc3Cl)c2)NC(=O)N1. The van der Waals surface area contributed by atoms with Crippen molar-refractivity contribution in [3.8, 4) is 5.75 Å². The summed E-state index contributed by atoms with van der Waals surface area (Å²) in [5, 5.41) is 6.31. The molecule has 6 nitrogen and oxygen atoms in total. The number of nitrogens with one attached hydrogen (secondary N) is 2. The molecule has 32 heavy (non-hydrogen) atoms. The maximum Gasteiger partial charge on any atom is 0.338 e. The molecule has 1 aliphatic heterocycles. The number of benzene rings is 2. The van der Waals surface area contributed by atoms with Gasteiger partial charge in [-0.3, -0.25) is 0 Å². The predicted molar refractivity (Wildman–Crippen MR) is 124 cm³/mol. The van der Waals surface area contributed by atoms with Crippen molar-refractivity contribution in [3.05, 3.63) is 76.0 Å². The first-order chi connectivity index (χ1) is 15.4. The number of halogens is 1. The van der Waals surface area contributed by atoms with E-state index < -0.39 is 12.0 Å². The Bertz CT molecular complexity index is 1000. The van der Waals surface area contributed by atoms with Gasteiger partial charge in [-0.05, 0) is 50.5 Å². The first-order valence-electron chi connectivity index (χ1n) is 10.9. The lowest BCUT2D eigenvalue weighted by Gasteiger charge is -2.30. The third-order valence-electron chi connectivity index (χ3n) is 5.04. The van der Waals surface area contributed by atoms with E-state index in [9.17, 15) is 9.59 Å². The number of allylic oxidation sites excluding steroid dienone is 1. The fraction of sp³-hybridized carbons (Fsp3) is 0.360. The van der Waals surface area contributed by atoms with E-state index in [1.54, 1.807) is 13.8 Å². The van der Waals surface area contributed by atoms with Gasteiger partial charge in [0.1, 0.15) is 12.4 Å². The minimum atomic E-state index is -0.634. The van der Waals surface area contributed by atoms with Crippen LogP contribution in [0.25, 0.3) is 0 Å². The zero-order valence-electron chi connectivity index (χ0n) is 18.6. The lowest BCUT2D eigenvalue weighted by Crippen LogP contribution is -2.46. The van der Waals surface area contributed by atoms with Crippen molar-refractivity contribution in [2.45, 2.75) is 58.8 Å². The highest BCUT2D eigenvalue weighted by atomic mass is 35.5. The number of carbonyl (C=O) groups is 2. The smallest absolute Gasteiger partial charge is 0.338 e. The first kappa shape index (κ1) is 23.7. The van der Waals surface area contributed by atoms with E-state index in [2.05, 4.69) is 17.6 Å². The van der Waals surface area contributed by atoms with Gasteiger partial charge >= 0.3 is 12.0 Å². The maximum absolute atomic E-state index is 13.0. The summed E-state index contributed by atoms with van der Waals surface area (Å²) in [6.07, 6.45) is 2.11. The summed E-state index contributed by atoms with van der Waals surface area (Å²) in [6.45, 7) is 5.97. The standard InChI is InChI=1S/C25H29ClN2O4/c1-4-5-13-21-22(24(29)32-16(2)3)23(28-25(30)27-21)17-10-8-11-19(14-17)31-15-18-9-6-7-12-20(18)26/h6-12,14,16,23H,4-5,13,15H2,1-3H3,(H2,27,28,30). The molecule has 0 bridgehead atoms. The van der Waals surface area contributed by atoms with Crippen molar-refractivity contribution in [2.75, 3.05) is 0 Å². The summed E-state index contributed by atoms with van der Waals surface area (Å²) in [7, 11) is 0. The van der Waals surface area contributed by atoms with Gasteiger partial charge in [-0.15, -0.1) is 0 Å². The average molecular weight is 457 g/mol. The molecule has 1 heterocycles. The Kier molecular flexibility index (Phi) is 8.17. The van der Waals surface area contributed by atoms with E-state index in [1.807, 2.05) is 48.5 Å². The van der Waals surface area contributed by atoms with E-state index in [-0.39, 0.29) is 12.1 Å². The quantitative estimate of drug-likeness (QED) is 0.476. The molecule has 0 aliphatic carbocycles. The van der Waals surface area contributed by atoms with Crippen LogP contribution in [0.4, 0.5) is 4.79 Å². The number of hydrogen-bond acceptors (Lipinski definition) is 4. The van der Waals surface area contributed by atoms with Crippen LogP contribution < -0.4 is 15.4 Å². The van der Waals surface area contributed by atoms with Crippen molar-refractivity contribution in [1.82, 2.24) is 10.6 Å². The Morgan fingerprint density at radius 3 is 2.66 bits per heavy atom. The molecule has 0 saturated carbocycles. The van der Waals surface area contributed by atoms with Gasteiger partial charge in [-0.1, -0.05) is 55.3 Å². The summed E-state index contributed by atoms with van der Waals surface area (Å²) >= 11 is 6.22. The molecule has 0 saturated heterocycles. The van der Waals surface area contributed by atoms with Gasteiger partial charge in [0.2, 0.25) is 0 Å². The molecule has 2 N–H and O–H groups in total. The Hall–Kier alpha value is -2.99. The third kappa shape index (κ3) is 6.04. The Balaban J connectivity index is 1.90. The zero-order chi connectivity index (χ0) is 23.1. The number of carbonyl (C=O) groups excluding carboxylic acids is 2. The van der Waals surface area contributed by atoms with Crippen molar-refractivity contribution in [1.29, 1.82) is 0 Å². The van der Waals surface area contributed by atoms with Gasteiger partial charge in [-0.25, -0.2) is 9.59 Å². The molecule has 0 spiro atoms. The summed E-state index contributed by atoms with van der Waals surface area (Å²) in [5.74, 6) is 0.174. The fourth-order valence-corrected chi connectivity index (χ4v) is 3.69. The van der Waals surface area contributed by atoms with Gasteiger partial charge in [-0.2, -0.15) is 0 Å². The minimum Gasteiger partial charge on any atom is -0.489 e. The molecule has 1 aliphatic rings. The summed E-state index contributed by atoms with van der Waals surface area (Å²) in [5.41, 5.74) is 2.64. The highest BCUT2D eigenvalue weighted by molar-refractivity contribution is 6.31. The molecule has 2 aromatic rings. The Morgan fingerprint density at radius 2 is 1.94 bits per heavy atom. The van der Waals surface area contributed by atoms with E-state index in [4.69, 9.17) is 21.1 Å². The second-order valence-electron chi connectivity index (χ2n) is 7.93. The van der Waals surface area contributed by atoms with Crippen LogP contribution in [0.3, 0.4) is 0 Å². The lowest BCUT2D eigenvalue weighted by molar-refractivity contribution is -0.143. The molecular weight excluding hydrogens is 428 g/mol. The van der Waals surface area contributed by atoms with Gasteiger partial charge in [0.15, 0.2) is 0 Å². The van der Waals surface area contributed by atoms with Gasteiger partial charge in [0.05, 0.1) is 17.7 Å². The Morgan fingerprint density at radius 1 is 1.16 bits per heavy atom. The van der Waals surface area contributed by atoms with Gasteiger partial charge in [0.25, 0.3) is 0 Å². The van der Waals surface area contributed by atoms with Crippen molar-refractivity contribution < 1.29 is 19.1 Å². The molecule has 1 unspecified atom stereocenters. The van der Waals surface area contributed by atoms with Crippen LogP contribution in [0.15, 0.2) is 59.8 Å². The lowest BCUT2D eigenvalue weighted by atomic mass is 9.93. The van der Waals surface area contributed by atoms with Crippen LogP contribution >= 0.6 is 11.6 Å². The number of amides is 2. The van der Waals surface area contributed by atoms with Crippen LogP contribution in [0.2, 0.25) is 5.02 Å². The number of ether oxygens (including phenoxy) is 2. The molecule has 0 radical (unpaired) electrons. The van der Waals surface area contributed by atoms with Crippen LogP contribution in [-0.2, 0) is 16.1 Å². The number of urea groups is 1. The molecule has 7 heteroatoms. The molecule has 170 valence electrons. The topological polar surface area (TPSA) is 76.7 Å². The second-order valence-corrected chi connectivity index (χ2v) is 8.34. The monoisotopic (exact) mass is 456 g/mol. The summed E-state index contributed by atoms with van der Waals surface area (Å²) in [6, 6.07) is 13.9. The molecule has 0 aromatic heterocycles. The van der Waals surface area contributed by atoms with E-state index in [0.717, 1.165) is 24.0 Å². The highest BCUT2D eigenvalue weighted by Crippen LogP contribution is 2.32. The molecule has 2 aromatic carbocycles. The molecule has 0 fully saturated rings. The summed E-state index contributed by atoms with van der Waals surface area (Å²) in [4.78, 5) is 25.4.